The summed E-state index contributed by atoms with van der Waals surface area (Å²) in [5.74, 6) is -1.03. The fourth-order valence-corrected chi connectivity index (χ4v) is 0.571. The standard InChI is InChI=1S/C5H11NO3/c1-3(7)4(6-2)5(8)9/h3-4,6-7H,1-2H3,(H,8,9)/t3?,4-/m1/s1. The molecule has 0 bridgehead atoms. The molecule has 0 aliphatic carbocycles. The van der Waals surface area contributed by atoms with E-state index < -0.39 is 18.1 Å². The Kier molecular flexibility index (Phi) is 3.19. The molecule has 1 unspecified atom stereocenters. The average molecular weight is 133 g/mol. The Hall–Kier alpha value is -0.610. The Morgan fingerprint density at radius 2 is 2.11 bits per heavy atom. The van der Waals surface area contributed by atoms with Crippen molar-refractivity contribution in [3.05, 3.63) is 0 Å². The second-order valence-electron chi connectivity index (χ2n) is 1.85. The highest BCUT2D eigenvalue weighted by molar-refractivity contribution is 5.74. The van der Waals surface area contributed by atoms with E-state index >= 15 is 0 Å². The SMILES string of the molecule is CN[C@@H](C(=O)O)C(C)O. The van der Waals surface area contributed by atoms with E-state index in [4.69, 9.17) is 10.2 Å². The number of carboxylic acid groups (broad SMARTS) is 1. The molecule has 0 saturated carbocycles. The summed E-state index contributed by atoms with van der Waals surface area (Å²) in [5.41, 5.74) is 0. The number of carbonyl (C=O) groups is 1. The van der Waals surface area contributed by atoms with Crippen LogP contribution in [0.4, 0.5) is 0 Å². The predicted octanol–water partition coefficient (Wildman–Crippen LogP) is -0.960. The van der Waals surface area contributed by atoms with Crippen molar-refractivity contribution in [3.8, 4) is 0 Å². The summed E-state index contributed by atoms with van der Waals surface area (Å²) >= 11 is 0. The number of aliphatic carboxylic acids is 1. The number of likely N-dealkylation sites (N-methyl/N-ethyl adjacent to an activating group) is 1. The monoisotopic (exact) mass is 133 g/mol. The van der Waals surface area contributed by atoms with Gasteiger partial charge in [0.25, 0.3) is 0 Å². The molecule has 0 rings (SSSR count). The van der Waals surface area contributed by atoms with Crippen LogP contribution in [0.5, 0.6) is 0 Å². The van der Waals surface area contributed by atoms with Crippen molar-refractivity contribution in [3.63, 3.8) is 0 Å². The lowest BCUT2D eigenvalue weighted by atomic mass is 10.2. The van der Waals surface area contributed by atoms with Gasteiger partial charge in [-0.1, -0.05) is 0 Å². The third kappa shape index (κ3) is 2.43. The summed E-state index contributed by atoms with van der Waals surface area (Å²) in [7, 11) is 1.49. The molecule has 54 valence electrons. The molecule has 0 aliphatic rings. The van der Waals surface area contributed by atoms with Gasteiger partial charge < -0.3 is 15.5 Å². The fraction of sp³-hybridized carbons (Fsp3) is 0.800. The Balaban J connectivity index is 3.83. The van der Waals surface area contributed by atoms with E-state index in [0.717, 1.165) is 0 Å². The molecule has 0 saturated heterocycles. The van der Waals surface area contributed by atoms with Crippen LogP contribution in [-0.2, 0) is 4.79 Å². The third-order valence-electron chi connectivity index (χ3n) is 1.06. The minimum absolute atomic E-state index is 0.854. The molecule has 3 N–H and O–H groups in total. The molecule has 0 radical (unpaired) electrons. The van der Waals surface area contributed by atoms with Crippen LogP contribution in [0.1, 0.15) is 6.92 Å². The Morgan fingerprint density at radius 3 is 2.11 bits per heavy atom. The number of carboxylic acids is 1. The lowest BCUT2D eigenvalue weighted by Crippen LogP contribution is -2.42. The van der Waals surface area contributed by atoms with Gasteiger partial charge in [0.15, 0.2) is 0 Å². The van der Waals surface area contributed by atoms with Crippen molar-refractivity contribution in [2.75, 3.05) is 7.05 Å². The van der Waals surface area contributed by atoms with Crippen LogP contribution < -0.4 is 5.32 Å². The summed E-state index contributed by atoms with van der Waals surface area (Å²) in [6.45, 7) is 1.43. The highest BCUT2D eigenvalue weighted by Crippen LogP contribution is 1.89. The highest BCUT2D eigenvalue weighted by atomic mass is 16.4. The Morgan fingerprint density at radius 1 is 1.67 bits per heavy atom. The van der Waals surface area contributed by atoms with Crippen LogP contribution in [0.15, 0.2) is 0 Å². The van der Waals surface area contributed by atoms with Crippen molar-refractivity contribution in [2.45, 2.75) is 19.1 Å². The first-order valence-electron chi connectivity index (χ1n) is 2.67. The molecule has 0 aromatic rings. The smallest absolute Gasteiger partial charge is 0.323 e. The summed E-state index contributed by atoms with van der Waals surface area (Å²) in [6.07, 6.45) is -0.854. The lowest BCUT2D eigenvalue weighted by molar-refractivity contribution is -0.141. The minimum atomic E-state index is -1.03. The van der Waals surface area contributed by atoms with Crippen LogP contribution >= 0.6 is 0 Å². The first kappa shape index (κ1) is 8.39. The molecule has 0 amide bonds. The zero-order chi connectivity index (χ0) is 7.44. The molecular weight excluding hydrogens is 122 g/mol. The van der Waals surface area contributed by atoms with Gasteiger partial charge in [0.1, 0.15) is 6.04 Å². The Bertz CT molecular complexity index is 102. The van der Waals surface area contributed by atoms with Gasteiger partial charge in [-0.15, -0.1) is 0 Å². The average Bonchev–Trinajstić information content (AvgIpc) is 1.64. The molecule has 0 heterocycles. The normalized spacial score (nSPS) is 16.8. The molecular formula is C5H11NO3. The number of aliphatic hydroxyl groups is 1. The molecule has 4 nitrogen and oxygen atoms in total. The van der Waals surface area contributed by atoms with E-state index in [-0.39, 0.29) is 0 Å². The van der Waals surface area contributed by atoms with Gasteiger partial charge in [0, 0.05) is 0 Å². The van der Waals surface area contributed by atoms with Crippen LogP contribution in [0, 0.1) is 0 Å². The quantitative estimate of drug-likeness (QED) is 0.463. The molecule has 0 aliphatic heterocycles. The largest absolute Gasteiger partial charge is 0.480 e. The highest BCUT2D eigenvalue weighted by Gasteiger charge is 2.19. The van der Waals surface area contributed by atoms with E-state index in [9.17, 15) is 4.79 Å². The van der Waals surface area contributed by atoms with Crippen molar-refractivity contribution in [2.24, 2.45) is 0 Å². The first-order valence-corrected chi connectivity index (χ1v) is 2.67. The number of nitrogens with one attached hydrogen (secondary N) is 1. The topological polar surface area (TPSA) is 69.6 Å². The molecule has 0 aromatic heterocycles. The maximum Gasteiger partial charge on any atom is 0.323 e. The predicted molar refractivity (Wildman–Crippen MR) is 32.2 cm³/mol. The summed E-state index contributed by atoms with van der Waals surface area (Å²) in [5, 5.41) is 19.5. The van der Waals surface area contributed by atoms with Gasteiger partial charge in [0.2, 0.25) is 0 Å². The Labute approximate surface area is 53.5 Å². The van der Waals surface area contributed by atoms with Gasteiger partial charge in [-0.05, 0) is 14.0 Å². The van der Waals surface area contributed by atoms with Crippen LogP contribution in [0.2, 0.25) is 0 Å². The summed E-state index contributed by atoms with van der Waals surface area (Å²) < 4.78 is 0. The maximum absolute atomic E-state index is 10.1. The van der Waals surface area contributed by atoms with E-state index in [1.165, 1.54) is 14.0 Å². The maximum atomic E-state index is 10.1. The number of hydrogen-bond acceptors (Lipinski definition) is 3. The molecule has 4 heteroatoms. The third-order valence-corrected chi connectivity index (χ3v) is 1.06. The van der Waals surface area contributed by atoms with Gasteiger partial charge in [-0.25, -0.2) is 0 Å². The van der Waals surface area contributed by atoms with E-state index in [1.54, 1.807) is 0 Å². The first-order chi connectivity index (χ1) is 4.09. The van der Waals surface area contributed by atoms with Gasteiger partial charge in [0.05, 0.1) is 6.10 Å². The van der Waals surface area contributed by atoms with Crippen LogP contribution in [0.3, 0.4) is 0 Å². The molecule has 2 atom stereocenters. The number of rotatable bonds is 3. The second kappa shape index (κ2) is 3.42. The molecule has 0 fully saturated rings. The number of hydrogen-bond donors (Lipinski definition) is 3. The molecule has 0 aromatic carbocycles. The van der Waals surface area contributed by atoms with Crippen molar-refractivity contribution >= 4 is 5.97 Å². The fourth-order valence-electron chi connectivity index (χ4n) is 0.571. The van der Waals surface area contributed by atoms with Crippen molar-refractivity contribution in [1.29, 1.82) is 0 Å². The molecule has 0 spiro atoms. The minimum Gasteiger partial charge on any atom is -0.480 e. The zero-order valence-corrected chi connectivity index (χ0v) is 5.46. The van der Waals surface area contributed by atoms with E-state index in [2.05, 4.69) is 5.32 Å². The lowest BCUT2D eigenvalue weighted by Gasteiger charge is -2.12. The van der Waals surface area contributed by atoms with Gasteiger partial charge in [-0.2, -0.15) is 0 Å². The van der Waals surface area contributed by atoms with E-state index in [0.29, 0.717) is 0 Å². The van der Waals surface area contributed by atoms with Gasteiger partial charge in [-0.3, -0.25) is 4.79 Å². The second-order valence-corrected chi connectivity index (χ2v) is 1.85. The van der Waals surface area contributed by atoms with Crippen molar-refractivity contribution in [1.82, 2.24) is 5.32 Å². The number of aliphatic hydroxyl groups excluding tert-OH is 1. The van der Waals surface area contributed by atoms with E-state index in [1.807, 2.05) is 0 Å². The summed E-state index contributed by atoms with van der Waals surface area (Å²) in [6, 6.07) is -0.856. The van der Waals surface area contributed by atoms with Gasteiger partial charge >= 0.3 is 5.97 Å². The molecule has 9 heavy (non-hydrogen) atoms. The van der Waals surface area contributed by atoms with Crippen LogP contribution in [-0.4, -0.2) is 35.4 Å². The van der Waals surface area contributed by atoms with Crippen LogP contribution in [0.25, 0.3) is 0 Å². The zero-order valence-electron chi connectivity index (χ0n) is 5.46. The van der Waals surface area contributed by atoms with Crippen molar-refractivity contribution < 1.29 is 15.0 Å². The summed E-state index contributed by atoms with van der Waals surface area (Å²) in [4.78, 5) is 10.1.